The van der Waals surface area contributed by atoms with E-state index in [2.05, 4.69) is 10.6 Å². The first-order valence-electron chi connectivity index (χ1n) is 5.35. The van der Waals surface area contributed by atoms with Crippen LogP contribution in [0.3, 0.4) is 0 Å². The third-order valence-corrected chi connectivity index (χ3v) is 2.03. The number of allylic oxidation sites excluding steroid dienone is 1. The van der Waals surface area contributed by atoms with E-state index in [1.54, 1.807) is 12.3 Å². The summed E-state index contributed by atoms with van der Waals surface area (Å²) in [5.74, 6) is 0.0961. The molecule has 1 fully saturated rings. The van der Waals surface area contributed by atoms with Gasteiger partial charge in [-0.25, -0.2) is 0 Å². The Labute approximate surface area is 132 Å². The molecule has 0 unspecified atom stereocenters. The monoisotopic (exact) mass is 531 g/mol. The minimum Gasteiger partial charge on any atom is -0.873 e. The molecule has 4 nitrogen and oxygen atoms in total. The number of nitrogens with one attached hydrogen (secondary N) is 1. The van der Waals surface area contributed by atoms with E-state index >= 15 is 0 Å². The van der Waals surface area contributed by atoms with Crippen LogP contribution in [0.4, 0.5) is 0 Å². The summed E-state index contributed by atoms with van der Waals surface area (Å²) in [4.78, 5) is 0. The Morgan fingerprint density at radius 2 is 1.79 bits per heavy atom. The van der Waals surface area contributed by atoms with Crippen LogP contribution in [-0.4, -0.2) is 30.8 Å². The van der Waals surface area contributed by atoms with Crippen molar-refractivity contribution in [2.45, 2.75) is 18.9 Å². The molecule has 2 heterocycles. The second-order valence-electron chi connectivity index (χ2n) is 3.52. The van der Waals surface area contributed by atoms with E-state index in [0.29, 0.717) is 6.54 Å². The summed E-state index contributed by atoms with van der Waals surface area (Å²) in [7, 11) is 20.0. The van der Waals surface area contributed by atoms with Gasteiger partial charge < -0.3 is 20.8 Å². The van der Waals surface area contributed by atoms with Crippen LogP contribution in [0.5, 0.6) is 0 Å². The van der Waals surface area contributed by atoms with Crippen LogP contribution in [0, 0.1) is 0 Å². The van der Waals surface area contributed by atoms with Gasteiger partial charge >= 0.3 is 49.6 Å². The fourth-order valence-electron chi connectivity index (χ4n) is 1.17. The molecular formula is C10H16Cl4N2O2Pt. The Balaban J connectivity index is 0.000000261. The van der Waals surface area contributed by atoms with Crippen LogP contribution < -0.4 is 10.4 Å². The van der Waals surface area contributed by atoms with Crippen molar-refractivity contribution in [3.05, 3.63) is 29.4 Å². The summed E-state index contributed by atoms with van der Waals surface area (Å²) in [6, 6.07) is 0. The van der Waals surface area contributed by atoms with Crippen molar-refractivity contribution in [3.8, 4) is 0 Å². The molecule has 0 spiro atoms. The van der Waals surface area contributed by atoms with Gasteiger partial charge in [-0.2, -0.15) is 0 Å². The molecule has 0 aliphatic carbocycles. The van der Waals surface area contributed by atoms with Gasteiger partial charge in [-0.05, 0) is 19.0 Å². The van der Waals surface area contributed by atoms with E-state index in [0.717, 1.165) is 25.9 Å². The topological polar surface area (TPSA) is 69.4 Å². The average molecular weight is 533 g/mol. The average Bonchev–Trinajstić information content (AvgIpc) is 2.29. The summed E-state index contributed by atoms with van der Waals surface area (Å²) >= 11 is -3.06. The number of aliphatic hydroxyl groups is 1. The van der Waals surface area contributed by atoms with E-state index in [1.807, 2.05) is 0 Å². The molecule has 2 aliphatic rings. The Hall–Kier alpha value is 0.848. The van der Waals surface area contributed by atoms with Crippen LogP contribution in [-0.2, 0) is 11.9 Å². The molecule has 0 saturated carbocycles. The summed E-state index contributed by atoms with van der Waals surface area (Å²) in [5.41, 5.74) is 0. The molecule has 2 rings (SSSR count). The molecule has 19 heavy (non-hydrogen) atoms. The van der Waals surface area contributed by atoms with Crippen LogP contribution in [0.25, 0.3) is 5.32 Å². The molecule has 2 aliphatic heterocycles. The normalized spacial score (nSPS) is 19.9. The van der Waals surface area contributed by atoms with Gasteiger partial charge in [0, 0.05) is 6.54 Å². The second-order valence-corrected chi connectivity index (χ2v) is 23.2. The van der Waals surface area contributed by atoms with Crippen LogP contribution in [0.2, 0.25) is 0 Å². The molecule has 0 aromatic carbocycles. The first-order chi connectivity index (χ1) is 8.79. The van der Waals surface area contributed by atoms with Crippen molar-refractivity contribution < 1.29 is 22.1 Å². The van der Waals surface area contributed by atoms with Gasteiger partial charge in [-0.3, -0.25) is 0 Å². The van der Waals surface area contributed by atoms with Gasteiger partial charge in [0.25, 0.3) is 0 Å². The predicted molar refractivity (Wildman–Crippen MR) is 77.0 cm³/mol. The van der Waals surface area contributed by atoms with Crippen molar-refractivity contribution in [2.75, 3.05) is 19.6 Å². The number of hydrogen-bond acceptors (Lipinski definition) is 3. The standard InChI is InChI=1S/C5H10NO.C5H7NO.4ClH.Pt/c2*7-5-1-3-6-4-2-5;;;;;/h5,7H,1-4H2;1-3,6-7H,4H2;4*1H;/q-1;;;;;;+6/p-5. The second kappa shape index (κ2) is 11.5. The molecule has 1 saturated heterocycles. The number of piperidine rings is 1. The van der Waals surface area contributed by atoms with Gasteiger partial charge in [0.15, 0.2) is 0 Å². The number of hydrogen-bond donors (Lipinski definition) is 2. The largest absolute Gasteiger partial charge is 0.873 e. The van der Waals surface area contributed by atoms with Crippen LogP contribution in [0.1, 0.15) is 12.8 Å². The van der Waals surface area contributed by atoms with Crippen molar-refractivity contribution in [3.63, 3.8) is 0 Å². The number of aliphatic hydroxyl groups excluding tert-OH is 1. The van der Waals surface area contributed by atoms with E-state index in [9.17, 15) is 5.11 Å². The number of halogens is 4. The smallest absolute Gasteiger partial charge is 0.0322 e. The van der Waals surface area contributed by atoms with Gasteiger partial charge in [0.1, 0.15) is 0 Å². The first-order valence-corrected chi connectivity index (χ1v) is 16.6. The fraction of sp³-hybridized carbons (Fsp3) is 0.600. The van der Waals surface area contributed by atoms with Crippen molar-refractivity contribution in [1.82, 2.24) is 5.32 Å². The minimum absolute atomic E-state index is 0.0579. The molecule has 0 amide bonds. The van der Waals surface area contributed by atoms with E-state index in [1.165, 1.54) is 6.08 Å². The predicted octanol–water partition coefficient (Wildman–Crippen LogP) is 2.62. The maximum Gasteiger partial charge on any atom is 0.0322 e. The summed E-state index contributed by atoms with van der Waals surface area (Å²) in [5, 5.41) is 26.1. The van der Waals surface area contributed by atoms with Crippen molar-refractivity contribution >= 4 is 37.7 Å². The van der Waals surface area contributed by atoms with Gasteiger partial charge in [0.05, 0.1) is 6.10 Å². The third-order valence-electron chi connectivity index (χ3n) is 2.03. The van der Waals surface area contributed by atoms with E-state index < -0.39 is 11.9 Å². The quantitative estimate of drug-likeness (QED) is 0.504. The summed E-state index contributed by atoms with van der Waals surface area (Å²) in [6.45, 7) is 2.40. The molecule has 116 valence electrons. The van der Waals surface area contributed by atoms with Crippen molar-refractivity contribution in [2.24, 2.45) is 0 Å². The zero-order chi connectivity index (χ0) is 14.7. The maximum absolute atomic E-state index is 10.3. The van der Waals surface area contributed by atoms with Crippen molar-refractivity contribution in [1.29, 1.82) is 0 Å². The van der Waals surface area contributed by atoms with Crippen LogP contribution in [0.15, 0.2) is 24.1 Å². The zero-order valence-corrected chi connectivity index (χ0v) is 15.3. The fourth-order valence-corrected chi connectivity index (χ4v) is 1.17. The van der Waals surface area contributed by atoms with Gasteiger partial charge in [-0.1, -0.05) is 12.2 Å². The van der Waals surface area contributed by atoms with E-state index in [-0.39, 0.29) is 11.9 Å². The van der Waals surface area contributed by atoms with Gasteiger partial charge in [-0.15, -0.1) is 18.8 Å². The molecule has 0 atom stereocenters. The SMILES string of the molecule is OC1CC[N-]CC1.[Cl][Pt+2]([Cl])([Cl])[Cl].[O-]C1=CCNC=C1. The van der Waals surface area contributed by atoms with Gasteiger partial charge in [0.2, 0.25) is 0 Å². The zero-order valence-electron chi connectivity index (χ0n) is 9.98. The number of rotatable bonds is 0. The molecule has 9 heteroatoms. The molecule has 0 aromatic heterocycles. The Bertz CT molecular complexity index is 286. The Morgan fingerprint density at radius 3 is 2.00 bits per heavy atom. The Morgan fingerprint density at radius 1 is 1.26 bits per heavy atom. The van der Waals surface area contributed by atoms with E-state index in [4.69, 9.17) is 42.8 Å². The summed E-state index contributed by atoms with van der Waals surface area (Å²) < 4.78 is 0. The number of dihydropyridines is 1. The molecular weight excluding hydrogens is 517 g/mol. The molecule has 0 radical (unpaired) electrons. The summed E-state index contributed by atoms with van der Waals surface area (Å²) in [6.07, 6.45) is 6.45. The molecule has 2 N–H and O–H groups in total. The number of nitrogens with zero attached hydrogens (tertiary/aromatic N) is 1. The molecule has 0 bridgehead atoms. The van der Waals surface area contributed by atoms with Crippen LogP contribution >= 0.6 is 37.7 Å². The molecule has 0 aromatic rings. The third kappa shape index (κ3) is 18.8. The minimum atomic E-state index is -3.06. The Kier molecular flexibility index (Phi) is 12.0. The maximum atomic E-state index is 10.3. The first kappa shape index (κ1) is 19.8.